The number of halogens is 2. The number of piperazine rings is 1. The molecular weight excluding hydrogens is 312 g/mol. The van der Waals surface area contributed by atoms with Gasteiger partial charge in [0.1, 0.15) is 11.6 Å². The number of anilines is 1. The first-order valence-electron chi connectivity index (χ1n) is 8.12. The summed E-state index contributed by atoms with van der Waals surface area (Å²) in [7, 11) is 0. The van der Waals surface area contributed by atoms with Crippen molar-refractivity contribution in [2.24, 2.45) is 0 Å². The van der Waals surface area contributed by atoms with E-state index in [1.165, 1.54) is 0 Å². The summed E-state index contributed by atoms with van der Waals surface area (Å²) in [5.74, 6) is -0.444. The summed E-state index contributed by atoms with van der Waals surface area (Å²) in [6, 6.07) is 3.52. The van der Waals surface area contributed by atoms with Crippen LogP contribution in [0.25, 0.3) is 0 Å². The maximum Gasteiger partial charge on any atom is 0.225 e. The Morgan fingerprint density at radius 2 is 1.75 bits per heavy atom. The Morgan fingerprint density at radius 3 is 2.38 bits per heavy atom. The number of hydrogen-bond donors (Lipinski definition) is 0. The molecule has 2 bridgehead atoms. The van der Waals surface area contributed by atoms with Gasteiger partial charge in [0.25, 0.3) is 0 Å². The summed E-state index contributed by atoms with van der Waals surface area (Å²) >= 11 is 0. The average molecular weight is 331 g/mol. The lowest BCUT2D eigenvalue weighted by molar-refractivity contribution is -0.0109. The van der Waals surface area contributed by atoms with E-state index in [0.717, 1.165) is 49.1 Å². The number of fused-ring (bicyclic) bond motifs is 2. The third-order valence-corrected chi connectivity index (χ3v) is 4.81. The van der Waals surface area contributed by atoms with Crippen LogP contribution in [0.5, 0.6) is 0 Å². The number of rotatable bonds is 3. The molecule has 0 saturated carbocycles. The second-order valence-corrected chi connectivity index (χ2v) is 6.65. The Morgan fingerprint density at radius 1 is 1.08 bits per heavy atom. The number of nitrogens with zero attached hydrogens (tertiary/aromatic N) is 5. The minimum atomic E-state index is -0.641. The normalized spacial score (nSPS) is 23.2. The molecule has 3 aliphatic rings. The van der Waals surface area contributed by atoms with Crippen LogP contribution in [-0.2, 0) is 6.54 Å². The van der Waals surface area contributed by atoms with Crippen molar-refractivity contribution in [3.8, 4) is 0 Å². The second-order valence-electron chi connectivity index (χ2n) is 6.65. The number of pyridine rings is 1. The van der Waals surface area contributed by atoms with Crippen molar-refractivity contribution in [1.82, 2.24) is 19.9 Å². The summed E-state index contributed by atoms with van der Waals surface area (Å²) in [6.07, 6.45) is 2.16. The van der Waals surface area contributed by atoms with Gasteiger partial charge in [0, 0.05) is 49.2 Å². The summed E-state index contributed by atoms with van der Waals surface area (Å²) in [5.41, 5.74) is 2.24. The standard InChI is InChI=1S/C17H19F2N5/c1-10-3-11(2)22-17(21-10)23-7-13-5-14(8-23)24(13)9-16-15(19)4-12(18)6-20-16/h3-4,6,13-14H,5,7-9H2,1-2H3. The van der Waals surface area contributed by atoms with Crippen molar-refractivity contribution in [3.05, 3.63) is 47.0 Å². The topological polar surface area (TPSA) is 45.2 Å². The summed E-state index contributed by atoms with van der Waals surface area (Å²) in [6.45, 7) is 6.00. The van der Waals surface area contributed by atoms with Crippen LogP contribution in [0, 0.1) is 25.5 Å². The van der Waals surface area contributed by atoms with Crippen LogP contribution in [0.1, 0.15) is 23.5 Å². The Labute approximate surface area is 139 Å². The van der Waals surface area contributed by atoms with Gasteiger partial charge in [-0.15, -0.1) is 0 Å². The first kappa shape index (κ1) is 15.4. The van der Waals surface area contributed by atoms with E-state index in [2.05, 4.69) is 24.8 Å². The van der Waals surface area contributed by atoms with Gasteiger partial charge in [-0.05, 0) is 26.3 Å². The predicted octanol–water partition coefficient (Wildman–Crippen LogP) is 2.23. The highest BCUT2D eigenvalue weighted by molar-refractivity contribution is 5.36. The van der Waals surface area contributed by atoms with Gasteiger partial charge < -0.3 is 4.90 Å². The zero-order valence-electron chi connectivity index (χ0n) is 13.7. The molecule has 0 spiro atoms. The molecule has 3 aliphatic heterocycles. The van der Waals surface area contributed by atoms with E-state index in [1.807, 2.05) is 19.9 Å². The third-order valence-electron chi connectivity index (χ3n) is 4.81. The van der Waals surface area contributed by atoms with Gasteiger partial charge in [0.15, 0.2) is 0 Å². The van der Waals surface area contributed by atoms with Gasteiger partial charge in [-0.25, -0.2) is 18.7 Å². The molecule has 3 fully saturated rings. The largest absolute Gasteiger partial charge is 0.338 e. The SMILES string of the molecule is Cc1cc(C)nc(N2CC3CC(C2)N3Cc2ncc(F)cc2F)n1. The third kappa shape index (κ3) is 2.73. The maximum atomic E-state index is 13.8. The van der Waals surface area contributed by atoms with Gasteiger partial charge in [0.05, 0.1) is 11.9 Å². The van der Waals surface area contributed by atoms with E-state index in [0.29, 0.717) is 24.3 Å². The molecule has 126 valence electrons. The first-order chi connectivity index (χ1) is 11.5. The first-order valence-corrected chi connectivity index (χ1v) is 8.12. The number of aromatic nitrogens is 3. The van der Waals surface area contributed by atoms with Gasteiger partial charge in [0.2, 0.25) is 5.95 Å². The molecule has 7 heteroatoms. The highest BCUT2D eigenvalue weighted by Crippen LogP contribution is 2.35. The van der Waals surface area contributed by atoms with Crippen molar-refractivity contribution < 1.29 is 8.78 Å². The lowest BCUT2D eigenvalue weighted by atomic mass is 9.87. The monoisotopic (exact) mass is 331 g/mol. The molecule has 2 aromatic rings. The van der Waals surface area contributed by atoms with E-state index in [9.17, 15) is 8.78 Å². The Kier molecular flexibility index (Phi) is 3.68. The molecule has 2 aromatic heterocycles. The maximum absolute atomic E-state index is 13.8. The highest BCUT2D eigenvalue weighted by atomic mass is 19.1. The highest BCUT2D eigenvalue weighted by Gasteiger charge is 2.45. The molecular formula is C17H19F2N5. The number of aryl methyl sites for hydroxylation is 2. The van der Waals surface area contributed by atoms with Crippen LogP contribution in [0.15, 0.2) is 18.3 Å². The van der Waals surface area contributed by atoms with Crippen LogP contribution < -0.4 is 4.90 Å². The van der Waals surface area contributed by atoms with Crippen LogP contribution in [0.2, 0.25) is 0 Å². The lowest BCUT2D eigenvalue weighted by Crippen LogP contribution is -2.68. The Hall–Kier alpha value is -2.15. The second kappa shape index (κ2) is 5.73. The van der Waals surface area contributed by atoms with Crippen LogP contribution >= 0.6 is 0 Å². The van der Waals surface area contributed by atoms with E-state index in [4.69, 9.17) is 0 Å². The Bertz CT molecular complexity index is 749. The van der Waals surface area contributed by atoms with Gasteiger partial charge in [-0.2, -0.15) is 0 Å². The Balaban J connectivity index is 1.46. The van der Waals surface area contributed by atoms with E-state index in [1.54, 1.807) is 0 Å². The molecule has 3 saturated heterocycles. The van der Waals surface area contributed by atoms with Crippen molar-refractivity contribution in [2.75, 3.05) is 18.0 Å². The van der Waals surface area contributed by atoms with Crippen LogP contribution in [-0.4, -0.2) is 45.0 Å². The molecule has 5 rings (SSSR count). The van der Waals surface area contributed by atoms with Crippen molar-refractivity contribution >= 4 is 5.95 Å². The van der Waals surface area contributed by atoms with Crippen molar-refractivity contribution in [3.63, 3.8) is 0 Å². The molecule has 0 radical (unpaired) electrons. The molecule has 5 nitrogen and oxygen atoms in total. The van der Waals surface area contributed by atoms with Crippen molar-refractivity contribution in [1.29, 1.82) is 0 Å². The summed E-state index contributed by atoms with van der Waals surface area (Å²) in [5, 5.41) is 0. The summed E-state index contributed by atoms with van der Waals surface area (Å²) < 4.78 is 26.8. The fourth-order valence-electron chi connectivity index (χ4n) is 3.69. The minimum Gasteiger partial charge on any atom is -0.338 e. The number of piperidine rings is 1. The average Bonchev–Trinajstić information content (AvgIpc) is 2.53. The zero-order chi connectivity index (χ0) is 16.8. The van der Waals surface area contributed by atoms with Crippen LogP contribution in [0.4, 0.5) is 14.7 Å². The fraction of sp³-hybridized carbons (Fsp3) is 0.471. The molecule has 24 heavy (non-hydrogen) atoms. The minimum absolute atomic E-state index is 0.308. The smallest absolute Gasteiger partial charge is 0.225 e. The quantitative estimate of drug-likeness (QED) is 0.863. The van der Waals surface area contributed by atoms with Gasteiger partial charge in [-0.3, -0.25) is 9.88 Å². The van der Waals surface area contributed by atoms with Crippen LogP contribution in [0.3, 0.4) is 0 Å². The van der Waals surface area contributed by atoms with Crippen molar-refractivity contribution in [2.45, 2.75) is 38.9 Å². The van der Waals surface area contributed by atoms with E-state index in [-0.39, 0.29) is 0 Å². The number of hydrogen-bond acceptors (Lipinski definition) is 5. The van der Waals surface area contributed by atoms with Gasteiger partial charge >= 0.3 is 0 Å². The lowest BCUT2D eigenvalue weighted by Gasteiger charge is -2.56. The predicted molar refractivity (Wildman–Crippen MR) is 85.6 cm³/mol. The fourth-order valence-corrected chi connectivity index (χ4v) is 3.69. The molecule has 0 aromatic carbocycles. The van der Waals surface area contributed by atoms with E-state index >= 15 is 0 Å². The van der Waals surface area contributed by atoms with Gasteiger partial charge in [-0.1, -0.05) is 0 Å². The van der Waals surface area contributed by atoms with E-state index < -0.39 is 11.6 Å². The molecule has 2 unspecified atom stereocenters. The summed E-state index contributed by atoms with van der Waals surface area (Å²) in [4.78, 5) is 17.4. The zero-order valence-corrected chi connectivity index (χ0v) is 13.7. The molecule has 0 aliphatic carbocycles. The molecule has 0 N–H and O–H groups in total. The molecule has 5 heterocycles. The molecule has 2 atom stereocenters. The molecule has 0 amide bonds.